The zero-order valence-corrected chi connectivity index (χ0v) is 12.2. The van der Waals surface area contributed by atoms with Gasteiger partial charge in [0.2, 0.25) is 0 Å². The summed E-state index contributed by atoms with van der Waals surface area (Å²) in [6.07, 6.45) is 1.75. The van der Waals surface area contributed by atoms with Crippen LogP contribution in [-0.2, 0) is 6.54 Å². The Morgan fingerprint density at radius 2 is 2.10 bits per heavy atom. The molecule has 0 N–H and O–H groups in total. The van der Waals surface area contributed by atoms with Crippen molar-refractivity contribution in [2.45, 2.75) is 20.4 Å². The van der Waals surface area contributed by atoms with Crippen LogP contribution in [0.4, 0.5) is 4.39 Å². The summed E-state index contributed by atoms with van der Waals surface area (Å²) in [6.45, 7) is 4.19. The SMILES string of the molecule is Cc1nc(C)n(Cc2cn(-c3ccc(F)c(Cl)c3)nn2)n1. The Kier molecular flexibility index (Phi) is 3.42. The van der Waals surface area contributed by atoms with Crippen molar-refractivity contribution in [1.82, 2.24) is 29.8 Å². The molecule has 0 bridgehead atoms. The van der Waals surface area contributed by atoms with Gasteiger partial charge in [0.1, 0.15) is 23.2 Å². The van der Waals surface area contributed by atoms with E-state index < -0.39 is 5.82 Å². The molecule has 108 valence electrons. The van der Waals surface area contributed by atoms with E-state index in [0.29, 0.717) is 18.1 Å². The average molecular weight is 307 g/mol. The van der Waals surface area contributed by atoms with Crippen LogP contribution in [0.15, 0.2) is 24.4 Å². The zero-order chi connectivity index (χ0) is 15.0. The lowest BCUT2D eigenvalue weighted by Crippen LogP contribution is -2.04. The first kappa shape index (κ1) is 13.7. The molecule has 3 aromatic rings. The van der Waals surface area contributed by atoms with E-state index in [1.165, 1.54) is 12.1 Å². The monoisotopic (exact) mass is 306 g/mol. The summed E-state index contributed by atoms with van der Waals surface area (Å²) >= 11 is 5.76. The molecule has 0 aliphatic heterocycles. The molecule has 3 rings (SSSR count). The third kappa shape index (κ3) is 2.78. The third-order valence-electron chi connectivity index (χ3n) is 2.98. The van der Waals surface area contributed by atoms with Gasteiger partial charge in [0.25, 0.3) is 0 Å². The van der Waals surface area contributed by atoms with Gasteiger partial charge in [0, 0.05) is 0 Å². The molecule has 2 heterocycles. The first-order valence-corrected chi connectivity index (χ1v) is 6.65. The second-order valence-corrected chi connectivity index (χ2v) is 5.02. The predicted octanol–water partition coefficient (Wildman–Crippen LogP) is 2.32. The average Bonchev–Trinajstić information content (AvgIpc) is 3.01. The molecule has 0 radical (unpaired) electrons. The van der Waals surface area contributed by atoms with Crippen LogP contribution < -0.4 is 0 Å². The first-order chi connectivity index (χ1) is 10.0. The van der Waals surface area contributed by atoms with Gasteiger partial charge in [-0.3, -0.25) is 0 Å². The number of benzene rings is 1. The van der Waals surface area contributed by atoms with Crippen LogP contribution in [-0.4, -0.2) is 29.8 Å². The van der Waals surface area contributed by atoms with Crippen molar-refractivity contribution in [1.29, 1.82) is 0 Å². The highest BCUT2D eigenvalue weighted by molar-refractivity contribution is 6.30. The van der Waals surface area contributed by atoms with E-state index in [1.807, 2.05) is 13.8 Å². The van der Waals surface area contributed by atoms with Crippen molar-refractivity contribution in [2.75, 3.05) is 0 Å². The van der Waals surface area contributed by atoms with Gasteiger partial charge in [-0.25, -0.2) is 18.7 Å². The van der Waals surface area contributed by atoms with E-state index in [-0.39, 0.29) is 5.02 Å². The highest BCUT2D eigenvalue weighted by Crippen LogP contribution is 2.18. The molecular weight excluding hydrogens is 295 g/mol. The van der Waals surface area contributed by atoms with Crippen LogP contribution in [0.5, 0.6) is 0 Å². The number of hydrogen-bond donors (Lipinski definition) is 0. The Labute approximate surface area is 125 Å². The molecule has 0 atom stereocenters. The molecule has 0 saturated carbocycles. The second kappa shape index (κ2) is 5.25. The van der Waals surface area contributed by atoms with Crippen molar-refractivity contribution >= 4 is 11.6 Å². The van der Waals surface area contributed by atoms with Crippen molar-refractivity contribution in [3.05, 3.63) is 52.6 Å². The van der Waals surface area contributed by atoms with Gasteiger partial charge >= 0.3 is 0 Å². The minimum Gasteiger partial charge on any atom is -0.244 e. The predicted molar refractivity (Wildman–Crippen MR) is 74.9 cm³/mol. The summed E-state index contributed by atoms with van der Waals surface area (Å²) in [4.78, 5) is 4.23. The summed E-state index contributed by atoms with van der Waals surface area (Å²) in [5, 5.41) is 12.4. The summed E-state index contributed by atoms with van der Waals surface area (Å²) in [5.74, 6) is 1.06. The number of rotatable bonds is 3. The van der Waals surface area contributed by atoms with Crippen molar-refractivity contribution in [2.24, 2.45) is 0 Å². The first-order valence-electron chi connectivity index (χ1n) is 6.27. The lowest BCUT2D eigenvalue weighted by atomic mass is 10.3. The molecule has 8 heteroatoms. The Balaban J connectivity index is 1.86. The summed E-state index contributed by atoms with van der Waals surface area (Å²) < 4.78 is 16.5. The molecule has 0 fully saturated rings. The molecular formula is C13H12ClFN6. The smallest absolute Gasteiger partial charge is 0.147 e. The molecule has 0 saturated heterocycles. The molecule has 0 spiro atoms. The zero-order valence-electron chi connectivity index (χ0n) is 11.5. The highest BCUT2D eigenvalue weighted by Gasteiger charge is 2.09. The molecule has 1 aromatic carbocycles. The minimum atomic E-state index is -0.463. The van der Waals surface area contributed by atoms with Crippen molar-refractivity contribution in [3.8, 4) is 5.69 Å². The van der Waals surface area contributed by atoms with Gasteiger partial charge in [-0.1, -0.05) is 16.8 Å². The van der Waals surface area contributed by atoms with Gasteiger partial charge < -0.3 is 0 Å². The fourth-order valence-corrected chi connectivity index (χ4v) is 2.16. The Bertz CT molecular complexity index is 794. The molecule has 0 aliphatic rings. The van der Waals surface area contributed by atoms with Crippen LogP contribution in [0.3, 0.4) is 0 Å². The lowest BCUT2D eigenvalue weighted by molar-refractivity contribution is 0.627. The Hall–Kier alpha value is -2.28. The maximum atomic E-state index is 13.2. The van der Waals surface area contributed by atoms with E-state index in [4.69, 9.17) is 11.6 Å². The maximum Gasteiger partial charge on any atom is 0.147 e. The number of aryl methyl sites for hydroxylation is 2. The topological polar surface area (TPSA) is 61.4 Å². The maximum absolute atomic E-state index is 13.2. The van der Waals surface area contributed by atoms with Crippen LogP contribution in [0, 0.1) is 19.7 Å². The van der Waals surface area contributed by atoms with Crippen molar-refractivity contribution in [3.63, 3.8) is 0 Å². The van der Waals surface area contributed by atoms with E-state index >= 15 is 0 Å². The molecule has 0 unspecified atom stereocenters. The lowest BCUT2D eigenvalue weighted by Gasteiger charge is -2.01. The number of nitrogens with zero attached hydrogens (tertiary/aromatic N) is 6. The summed E-state index contributed by atoms with van der Waals surface area (Å²) in [7, 11) is 0. The Morgan fingerprint density at radius 3 is 2.76 bits per heavy atom. The fourth-order valence-electron chi connectivity index (χ4n) is 1.99. The molecule has 0 amide bonds. The molecule has 21 heavy (non-hydrogen) atoms. The highest BCUT2D eigenvalue weighted by atomic mass is 35.5. The van der Waals surface area contributed by atoms with Gasteiger partial charge in [0.05, 0.1) is 23.5 Å². The van der Waals surface area contributed by atoms with E-state index in [9.17, 15) is 4.39 Å². The van der Waals surface area contributed by atoms with E-state index in [2.05, 4.69) is 20.4 Å². The third-order valence-corrected chi connectivity index (χ3v) is 3.27. The molecule has 6 nitrogen and oxygen atoms in total. The normalized spacial score (nSPS) is 11.0. The van der Waals surface area contributed by atoms with Crippen LogP contribution in [0.25, 0.3) is 5.69 Å². The van der Waals surface area contributed by atoms with Gasteiger partial charge in [-0.05, 0) is 32.0 Å². The van der Waals surface area contributed by atoms with Gasteiger partial charge in [-0.15, -0.1) is 5.10 Å². The summed E-state index contributed by atoms with van der Waals surface area (Å²) in [6, 6.07) is 4.38. The van der Waals surface area contributed by atoms with E-state index in [0.717, 1.165) is 11.5 Å². The van der Waals surface area contributed by atoms with Crippen LogP contribution in [0.1, 0.15) is 17.3 Å². The number of aromatic nitrogens is 6. The summed E-state index contributed by atoms with van der Waals surface area (Å²) in [5.41, 5.74) is 1.37. The quantitative estimate of drug-likeness (QED) is 0.745. The van der Waals surface area contributed by atoms with E-state index in [1.54, 1.807) is 21.6 Å². The standard InChI is InChI=1S/C13H12ClFN6/c1-8-16-9(2)20(18-8)6-10-7-21(19-17-10)11-3-4-13(15)12(14)5-11/h3-5,7H,6H2,1-2H3. The largest absolute Gasteiger partial charge is 0.244 e. The van der Waals surface area contributed by atoms with Crippen LogP contribution >= 0.6 is 11.6 Å². The number of hydrogen-bond acceptors (Lipinski definition) is 4. The van der Waals surface area contributed by atoms with Crippen molar-refractivity contribution < 1.29 is 4.39 Å². The second-order valence-electron chi connectivity index (χ2n) is 4.62. The number of halogens is 2. The Morgan fingerprint density at radius 1 is 1.29 bits per heavy atom. The van der Waals surface area contributed by atoms with Crippen LogP contribution in [0.2, 0.25) is 5.02 Å². The van der Waals surface area contributed by atoms with Gasteiger partial charge in [-0.2, -0.15) is 5.10 Å². The molecule has 2 aromatic heterocycles. The minimum absolute atomic E-state index is 0.0484. The molecule has 0 aliphatic carbocycles. The fraction of sp³-hybridized carbons (Fsp3) is 0.231. The van der Waals surface area contributed by atoms with Gasteiger partial charge in [0.15, 0.2) is 0 Å².